The zero-order chi connectivity index (χ0) is 34.9. The van der Waals surface area contributed by atoms with Crippen molar-refractivity contribution in [1.82, 2.24) is 0 Å². The fourth-order valence-electron chi connectivity index (χ4n) is 5.40. The molecule has 0 amide bonds. The summed E-state index contributed by atoms with van der Waals surface area (Å²) >= 11 is 0. The Bertz CT molecular complexity index is 1550. The molecule has 4 heteroatoms. The number of hydrogen-bond acceptors (Lipinski definition) is 4. The lowest BCUT2D eigenvalue weighted by molar-refractivity contribution is 0.0646. The van der Waals surface area contributed by atoms with Gasteiger partial charge in [0, 0.05) is 11.1 Å². The van der Waals surface area contributed by atoms with E-state index in [1.54, 1.807) is 24.3 Å². The molecule has 0 fully saturated rings. The maximum atomic E-state index is 13.8. The van der Waals surface area contributed by atoms with Crippen molar-refractivity contribution >= 4 is 23.5 Å². The van der Waals surface area contributed by atoms with E-state index in [-0.39, 0.29) is 22.3 Å². The number of rotatable bonds is 12. The second kappa shape index (κ2) is 16.1. The molecule has 4 rings (SSSR count). The van der Waals surface area contributed by atoms with Crippen LogP contribution in [0.5, 0.6) is 0 Å². The predicted molar refractivity (Wildman–Crippen MR) is 198 cm³/mol. The number of carbonyl (C=O) groups excluding carboxylic acids is 2. The summed E-state index contributed by atoms with van der Waals surface area (Å²) in [5.74, 6) is -0.668. The van der Waals surface area contributed by atoms with Crippen molar-refractivity contribution in [2.45, 2.75) is 105 Å². The minimum Gasteiger partial charge on any atom is -0.418 e. The van der Waals surface area contributed by atoms with E-state index in [4.69, 9.17) is 9.47 Å². The first-order valence-electron chi connectivity index (χ1n) is 17.4. The first kappa shape index (κ1) is 36.4. The Morgan fingerprint density at radius 1 is 0.458 bits per heavy atom. The molecular formula is C44H52O4. The van der Waals surface area contributed by atoms with Crippen molar-refractivity contribution < 1.29 is 19.1 Å². The quantitative estimate of drug-likeness (QED) is 0.0875. The highest BCUT2D eigenvalue weighted by molar-refractivity contribution is 6.00. The average molecular weight is 645 g/mol. The van der Waals surface area contributed by atoms with Gasteiger partial charge in [0.25, 0.3) is 0 Å². The van der Waals surface area contributed by atoms with Gasteiger partial charge in [-0.05, 0) is 83.0 Å². The van der Waals surface area contributed by atoms with Crippen LogP contribution >= 0.6 is 0 Å². The van der Waals surface area contributed by atoms with Gasteiger partial charge in [-0.15, -0.1) is 0 Å². The zero-order valence-electron chi connectivity index (χ0n) is 30.1. The van der Waals surface area contributed by atoms with Crippen LogP contribution in [-0.4, -0.2) is 11.9 Å². The molecule has 4 nitrogen and oxygen atoms in total. The van der Waals surface area contributed by atoms with E-state index < -0.39 is 11.9 Å². The van der Waals surface area contributed by atoms with Gasteiger partial charge in [0.2, 0.25) is 0 Å². The highest BCUT2D eigenvalue weighted by atomic mass is 16.6. The van der Waals surface area contributed by atoms with Crippen LogP contribution in [0.3, 0.4) is 0 Å². The van der Waals surface area contributed by atoms with Gasteiger partial charge in [-0.1, -0.05) is 141 Å². The Kier molecular flexibility index (Phi) is 12.2. The summed E-state index contributed by atoms with van der Waals surface area (Å²) in [6, 6.07) is 31.0. The number of esters is 2. The van der Waals surface area contributed by atoms with E-state index in [0.29, 0.717) is 22.3 Å². The summed E-state index contributed by atoms with van der Waals surface area (Å²) in [6.45, 7) is 17.2. The van der Waals surface area contributed by atoms with Crippen LogP contribution in [0.15, 0.2) is 97.1 Å². The van der Waals surface area contributed by atoms with Crippen molar-refractivity contribution in [2.75, 3.05) is 0 Å². The largest absolute Gasteiger partial charge is 0.418 e. The molecule has 0 saturated heterocycles. The lowest BCUT2D eigenvalue weighted by Crippen LogP contribution is -2.13. The first-order valence-corrected chi connectivity index (χ1v) is 17.4. The molecule has 0 spiro atoms. The molecule has 0 aliphatic carbocycles. The van der Waals surface area contributed by atoms with Crippen LogP contribution < -0.4 is 0 Å². The summed E-state index contributed by atoms with van der Waals surface area (Å²) in [4.78, 5) is 27.6. The van der Waals surface area contributed by atoms with Gasteiger partial charge in [0.05, 0.1) is 11.1 Å². The molecule has 0 radical (unpaired) electrons. The average Bonchev–Trinajstić information content (AvgIpc) is 3.07. The molecule has 0 unspecified atom stereocenters. The van der Waals surface area contributed by atoms with Crippen LogP contribution in [0.2, 0.25) is 0 Å². The second-order valence-corrected chi connectivity index (χ2v) is 14.7. The molecule has 0 aliphatic heterocycles. The molecule has 0 atom stereocenters. The number of hydrogen-bond donors (Lipinski definition) is 0. The topological polar surface area (TPSA) is 52.6 Å². The van der Waals surface area contributed by atoms with Crippen molar-refractivity contribution in [1.29, 1.82) is 0 Å². The zero-order valence-corrected chi connectivity index (χ0v) is 30.1. The third kappa shape index (κ3) is 9.79. The normalized spacial score (nSPS) is 12.3. The number of aryl methyl sites for hydroxylation is 2. The third-order valence-electron chi connectivity index (χ3n) is 8.64. The van der Waals surface area contributed by atoms with Gasteiger partial charge in [0.1, 0.15) is 0 Å². The lowest BCUT2D eigenvalue weighted by Gasteiger charge is -2.21. The van der Waals surface area contributed by atoms with Crippen molar-refractivity contribution in [3.8, 4) is 0 Å². The Hall–Kier alpha value is -4.44. The van der Waals surface area contributed by atoms with Crippen LogP contribution in [0.1, 0.15) is 135 Å². The Morgan fingerprint density at radius 3 is 1.02 bits per heavy atom. The van der Waals surface area contributed by atoms with Gasteiger partial charge in [0.15, 0.2) is 11.5 Å². The summed E-state index contributed by atoms with van der Waals surface area (Å²) in [6.07, 6.45) is 6.31. The molecular weight excluding hydrogens is 592 g/mol. The molecule has 4 aromatic carbocycles. The van der Waals surface area contributed by atoms with Gasteiger partial charge in [-0.25, -0.2) is 9.59 Å². The SMILES string of the molecule is CCCCc1ccc(C(=O)O/C(=C(/OC(=O)c2ccc(CCCC)cc2)c2ccc(C(C)(C)C)cc2)c2ccc(C(C)(C)C)cc2)cc1. The van der Waals surface area contributed by atoms with Crippen LogP contribution in [0, 0.1) is 0 Å². The van der Waals surface area contributed by atoms with E-state index in [0.717, 1.165) is 49.7 Å². The second-order valence-electron chi connectivity index (χ2n) is 14.7. The highest BCUT2D eigenvalue weighted by Gasteiger charge is 2.25. The minimum absolute atomic E-state index is 0.0695. The van der Waals surface area contributed by atoms with Crippen molar-refractivity contribution in [2.24, 2.45) is 0 Å². The molecule has 4 aromatic rings. The third-order valence-corrected chi connectivity index (χ3v) is 8.64. The summed E-state index contributed by atoms with van der Waals surface area (Å²) in [5, 5.41) is 0. The maximum absolute atomic E-state index is 13.8. The summed E-state index contributed by atoms with van der Waals surface area (Å²) < 4.78 is 12.5. The Labute approximate surface area is 288 Å². The van der Waals surface area contributed by atoms with Crippen LogP contribution in [0.25, 0.3) is 11.5 Å². The van der Waals surface area contributed by atoms with E-state index in [2.05, 4.69) is 55.4 Å². The van der Waals surface area contributed by atoms with Crippen molar-refractivity contribution in [3.63, 3.8) is 0 Å². The number of benzene rings is 4. The molecule has 0 N–H and O–H groups in total. The Balaban J connectivity index is 1.83. The van der Waals surface area contributed by atoms with Crippen LogP contribution in [0.4, 0.5) is 0 Å². The number of unbranched alkanes of at least 4 members (excludes halogenated alkanes) is 2. The minimum atomic E-state index is -0.521. The fraction of sp³-hybridized carbons (Fsp3) is 0.364. The van der Waals surface area contributed by atoms with Gasteiger partial charge in [-0.3, -0.25) is 0 Å². The lowest BCUT2D eigenvalue weighted by atomic mass is 9.86. The van der Waals surface area contributed by atoms with Crippen molar-refractivity contribution in [3.05, 3.63) is 142 Å². The fourth-order valence-corrected chi connectivity index (χ4v) is 5.40. The van der Waals surface area contributed by atoms with E-state index in [9.17, 15) is 9.59 Å². The number of carbonyl (C=O) groups is 2. The smallest absolute Gasteiger partial charge is 0.343 e. The Morgan fingerprint density at radius 2 is 0.750 bits per heavy atom. The molecule has 252 valence electrons. The van der Waals surface area contributed by atoms with Gasteiger partial charge in [-0.2, -0.15) is 0 Å². The van der Waals surface area contributed by atoms with E-state index >= 15 is 0 Å². The molecule has 0 heterocycles. The summed E-state index contributed by atoms with van der Waals surface area (Å²) in [5.41, 5.74) is 6.60. The molecule has 0 bridgehead atoms. The summed E-state index contributed by atoms with van der Waals surface area (Å²) in [7, 11) is 0. The van der Waals surface area contributed by atoms with E-state index in [1.165, 1.54) is 11.1 Å². The monoisotopic (exact) mass is 644 g/mol. The maximum Gasteiger partial charge on any atom is 0.343 e. The van der Waals surface area contributed by atoms with Crippen LogP contribution in [-0.2, 0) is 33.1 Å². The van der Waals surface area contributed by atoms with E-state index in [1.807, 2.05) is 72.8 Å². The molecule has 0 aliphatic rings. The van der Waals surface area contributed by atoms with Gasteiger partial charge >= 0.3 is 11.9 Å². The predicted octanol–water partition coefficient (Wildman–Crippen LogP) is 11.5. The highest BCUT2D eigenvalue weighted by Crippen LogP contribution is 2.34. The van der Waals surface area contributed by atoms with Gasteiger partial charge < -0.3 is 9.47 Å². The molecule has 0 aromatic heterocycles. The molecule has 48 heavy (non-hydrogen) atoms. The molecule has 0 saturated carbocycles. The first-order chi connectivity index (χ1) is 22.8. The number of ether oxygens (including phenoxy) is 2. The standard InChI is InChI=1S/C44H52O4/c1-9-11-13-31-15-19-35(20-16-31)41(45)47-39(33-23-27-37(28-24-33)43(3,4)5)40(34-25-29-38(30-26-34)44(6,7)8)48-42(46)36-21-17-32(18-22-36)14-12-10-2/h15-30H,9-14H2,1-8H3/b40-39+.